The molecule has 28 heavy (non-hydrogen) atoms. The van der Waals surface area contributed by atoms with Gasteiger partial charge in [0.05, 0.1) is 12.8 Å². The molecule has 0 aliphatic heterocycles. The number of esters is 1. The van der Waals surface area contributed by atoms with Crippen molar-refractivity contribution in [1.82, 2.24) is 10.6 Å². The van der Waals surface area contributed by atoms with E-state index >= 15 is 0 Å². The Bertz CT molecular complexity index is 861. The number of hydrogen-bond donors (Lipinski definition) is 3. The number of ether oxygens (including phenoxy) is 1. The SMILES string of the molecule is Cc1ccc(C)c(NC(=O)COC(=O)CNC(=O)CNC(=O)c2ccco2)c1. The molecule has 9 nitrogen and oxygen atoms in total. The van der Waals surface area contributed by atoms with Crippen molar-refractivity contribution >= 4 is 29.4 Å². The summed E-state index contributed by atoms with van der Waals surface area (Å²) in [6, 6.07) is 8.60. The molecule has 9 heteroatoms. The van der Waals surface area contributed by atoms with Crippen LogP contribution in [0.2, 0.25) is 0 Å². The summed E-state index contributed by atoms with van der Waals surface area (Å²) in [6.45, 7) is 2.51. The standard InChI is InChI=1S/C19H21N3O6/c1-12-5-6-13(2)14(8-12)22-17(24)11-28-18(25)10-20-16(23)9-21-19(26)15-4-3-7-27-15/h3-8H,9-11H2,1-2H3,(H,20,23)(H,21,26)(H,22,24). The van der Waals surface area contributed by atoms with Crippen LogP contribution in [0.4, 0.5) is 5.69 Å². The third-order valence-corrected chi connectivity index (χ3v) is 3.62. The molecule has 0 saturated heterocycles. The van der Waals surface area contributed by atoms with Crippen molar-refractivity contribution in [3.63, 3.8) is 0 Å². The zero-order chi connectivity index (χ0) is 20.5. The zero-order valence-corrected chi connectivity index (χ0v) is 15.5. The summed E-state index contributed by atoms with van der Waals surface area (Å²) in [7, 11) is 0. The second kappa shape index (κ2) is 9.91. The monoisotopic (exact) mass is 387 g/mol. The number of anilines is 1. The minimum absolute atomic E-state index is 0.0714. The second-order valence-electron chi connectivity index (χ2n) is 5.96. The van der Waals surface area contributed by atoms with Crippen molar-refractivity contribution in [3.05, 3.63) is 53.5 Å². The van der Waals surface area contributed by atoms with Crippen LogP contribution in [0.15, 0.2) is 41.0 Å². The Balaban J connectivity index is 1.65. The smallest absolute Gasteiger partial charge is 0.325 e. The van der Waals surface area contributed by atoms with Gasteiger partial charge < -0.3 is 25.1 Å². The van der Waals surface area contributed by atoms with E-state index in [4.69, 9.17) is 9.15 Å². The number of furan rings is 1. The predicted molar refractivity (Wildman–Crippen MR) is 99.6 cm³/mol. The molecule has 1 aromatic carbocycles. The van der Waals surface area contributed by atoms with Gasteiger partial charge in [-0.1, -0.05) is 12.1 Å². The first-order chi connectivity index (χ1) is 13.3. The first kappa shape index (κ1) is 20.7. The Morgan fingerprint density at radius 2 is 1.79 bits per heavy atom. The van der Waals surface area contributed by atoms with Crippen LogP contribution in [0, 0.1) is 13.8 Å². The molecule has 0 aliphatic rings. The summed E-state index contributed by atoms with van der Waals surface area (Å²) in [5.41, 5.74) is 2.51. The van der Waals surface area contributed by atoms with Gasteiger partial charge in [0.1, 0.15) is 6.54 Å². The summed E-state index contributed by atoms with van der Waals surface area (Å²) in [5, 5.41) is 7.28. The lowest BCUT2D eigenvalue weighted by molar-refractivity contribution is -0.147. The first-order valence-corrected chi connectivity index (χ1v) is 8.46. The average molecular weight is 387 g/mol. The number of nitrogens with one attached hydrogen (secondary N) is 3. The molecular weight excluding hydrogens is 366 g/mol. The Morgan fingerprint density at radius 1 is 1.00 bits per heavy atom. The second-order valence-corrected chi connectivity index (χ2v) is 5.96. The fraction of sp³-hybridized carbons (Fsp3) is 0.263. The van der Waals surface area contributed by atoms with Crippen molar-refractivity contribution in [3.8, 4) is 0 Å². The molecule has 148 valence electrons. The van der Waals surface area contributed by atoms with E-state index in [1.165, 1.54) is 12.3 Å². The maximum absolute atomic E-state index is 11.9. The van der Waals surface area contributed by atoms with Crippen LogP contribution >= 0.6 is 0 Å². The van der Waals surface area contributed by atoms with E-state index in [0.717, 1.165) is 11.1 Å². The quantitative estimate of drug-likeness (QED) is 0.578. The zero-order valence-electron chi connectivity index (χ0n) is 15.5. The highest BCUT2D eigenvalue weighted by Gasteiger charge is 2.13. The number of amides is 3. The van der Waals surface area contributed by atoms with Crippen LogP contribution in [0.3, 0.4) is 0 Å². The lowest BCUT2D eigenvalue weighted by Crippen LogP contribution is -2.39. The van der Waals surface area contributed by atoms with Gasteiger partial charge in [-0.25, -0.2) is 0 Å². The van der Waals surface area contributed by atoms with E-state index < -0.39 is 36.8 Å². The summed E-state index contributed by atoms with van der Waals surface area (Å²) in [6.07, 6.45) is 1.33. The van der Waals surface area contributed by atoms with Gasteiger partial charge in [-0.3, -0.25) is 19.2 Å². The molecule has 0 atom stereocenters. The third kappa shape index (κ3) is 6.60. The van der Waals surface area contributed by atoms with E-state index in [1.54, 1.807) is 6.07 Å². The van der Waals surface area contributed by atoms with Gasteiger partial charge in [0, 0.05) is 5.69 Å². The lowest BCUT2D eigenvalue weighted by atomic mass is 10.1. The van der Waals surface area contributed by atoms with Crippen LogP contribution in [-0.4, -0.2) is 43.4 Å². The molecule has 3 amide bonds. The maximum Gasteiger partial charge on any atom is 0.325 e. The highest BCUT2D eigenvalue weighted by molar-refractivity contribution is 5.95. The van der Waals surface area contributed by atoms with Gasteiger partial charge in [-0.05, 0) is 43.2 Å². The van der Waals surface area contributed by atoms with Gasteiger partial charge in [0.15, 0.2) is 12.4 Å². The highest BCUT2D eigenvalue weighted by Crippen LogP contribution is 2.16. The summed E-state index contributed by atoms with van der Waals surface area (Å²) in [5.74, 6) is -2.33. The molecule has 0 aliphatic carbocycles. The van der Waals surface area contributed by atoms with Crippen molar-refractivity contribution < 1.29 is 28.3 Å². The lowest BCUT2D eigenvalue weighted by Gasteiger charge is -2.10. The van der Waals surface area contributed by atoms with Crippen LogP contribution in [0.5, 0.6) is 0 Å². The van der Waals surface area contributed by atoms with E-state index in [1.807, 2.05) is 32.0 Å². The van der Waals surface area contributed by atoms with Gasteiger partial charge in [0.2, 0.25) is 5.91 Å². The molecule has 0 spiro atoms. The summed E-state index contributed by atoms with van der Waals surface area (Å²) in [4.78, 5) is 46.7. The minimum Gasteiger partial charge on any atom is -0.459 e. The fourth-order valence-corrected chi connectivity index (χ4v) is 2.14. The average Bonchev–Trinajstić information content (AvgIpc) is 3.20. The number of carbonyl (C=O) groups is 4. The Morgan fingerprint density at radius 3 is 2.50 bits per heavy atom. The molecule has 0 fully saturated rings. The highest BCUT2D eigenvalue weighted by atomic mass is 16.5. The molecule has 0 saturated carbocycles. The minimum atomic E-state index is -0.776. The molecule has 1 heterocycles. The predicted octanol–water partition coefficient (Wildman–Crippen LogP) is 0.924. The van der Waals surface area contributed by atoms with E-state index in [2.05, 4.69) is 16.0 Å². The molecule has 0 bridgehead atoms. The molecule has 0 unspecified atom stereocenters. The number of aryl methyl sites for hydroxylation is 2. The topological polar surface area (TPSA) is 127 Å². The van der Waals surface area contributed by atoms with Gasteiger partial charge >= 0.3 is 5.97 Å². The molecule has 3 N–H and O–H groups in total. The number of rotatable bonds is 8. The molecule has 2 rings (SSSR count). The Hall–Kier alpha value is -3.62. The van der Waals surface area contributed by atoms with E-state index in [0.29, 0.717) is 5.69 Å². The van der Waals surface area contributed by atoms with E-state index in [9.17, 15) is 19.2 Å². The third-order valence-electron chi connectivity index (χ3n) is 3.62. The normalized spacial score (nSPS) is 10.1. The van der Waals surface area contributed by atoms with Crippen molar-refractivity contribution in [2.24, 2.45) is 0 Å². The van der Waals surface area contributed by atoms with E-state index in [-0.39, 0.29) is 12.3 Å². The molecule has 2 aromatic rings. The van der Waals surface area contributed by atoms with Crippen molar-refractivity contribution in [2.75, 3.05) is 25.0 Å². The van der Waals surface area contributed by atoms with Gasteiger partial charge in [-0.15, -0.1) is 0 Å². The largest absolute Gasteiger partial charge is 0.459 e. The van der Waals surface area contributed by atoms with Gasteiger partial charge in [0.25, 0.3) is 11.8 Å². The first-order valence-electron chi connectivity index (χ1n) is 8.46. The van der Waals surface area contributed by atoms with Crippen LogP contribution < -0.4 is 16.0 Å². The van der Waals surface area contributed by atoms with Crippen molar-refractivity contribution in [2.45, 2.75) is 13.8 Å². The number of benzene rings is 1. The van der Waals surface area contributed by atoms with Crippen LogP contribution in [-0.2, 0) is 19.1 Å². The van der Waals surface area contributed by atoms with Crippen molar-refractivity contribution in [1.29, 1.82) is 0 Å². The number of hydrogen-bond acceptors (Lipinski definition) is 6. The van der Waals surface area contributed by atoms with Gasteiger partial charge in [-0.2, -0.15) is 0 Å². The Labute approximate surface area is 161 Å². The molecule has 1 aromatic heterocycles. The molecular formula is C19H21N3O6. The fourth-order valence-electron chi connectivity index (χ4n) is 2.14. The van der Waals surface area contributed by atoms with Crippen LogP contribution in [0.1, 0.15) is 21.7 Å². The number of carbonyl (C=O) groups excluding carboxylic acids is 4. The Kier molecular flexibility index (Phi) is 7.32. The summed E-state index contributed by atoms with van der Waals surface area (Å²) < 4.78 is 9.69. The van der Waals surface area contributed by atoms with Crippen LogP contribution in [0.25, 0.3) is 0 Å². The molecule has 0 radical (unpaired) electrons. The summed E-state index contributed by atoms with van der Waals surface area (Å²) >= 11 is 0. The maximum atomic E-state index is 11.9.